The number of nitrogens with one attached hydrogen (secondary N) is 2. The number of aliphatic hydroxyl groups is 1. The normalized spacial score (nSPS) is 21.3. The first-order chi connectivity index (χ1) is 8.43. The molecule has 18 heavy (non-hydrogen) atoms. The zero-order chi connectivity index (χ0) is 13.7. The van der Waals surface area contributed by atoms with Crippen LogP contribution in [0.5, 0.6) is 0 Å². The first-order valence-corrected chi connectivity index (χ1v) is 5.58. The topological polar surface area (TPSA) is 119 Å². The summed E-state index contributed by atoms with van der Waals surface area (Å²) >= 11 is 0. The van der Waals surface area contributed by atoms with Crippen LogP contribution in [0.25, 0.3) is 0 Å². The molecular formula is C10H17N3O5. The molecule has 0 bridgehead atoms. The lowest BCUT2D eigenvalue weighted by Crippen LogP contribution is -2.54. The Bertz CT molecular complexity index is 346. The molecule has 102 valence electrons. The molecule has 1 heterocycles. The van der Waals surface area contributed by atoms with E-state index in [1.807, 2.05) is 0 Å². The number of urea groups is 1. The van der Waals surface area contributed by atoms with Crippen molar-refractivity contribution in [3.8, 4) is 0 Å². The molecule has 1 rings (SSSR count). The number of likely N-dealkylation sites (N-methyl/N-ethyl adjacent to an activating group) is 1. The fraction of sp³-hybridized carbons (Fsp3) is 0.700. The van der Waals surface area contributed by atoms with Gasteiger partial charge in [-0.1, -0.05) is 0 Å². The minimum atomic E-state index is -1.33. The number of carboxylic acids is 1. The Kier molecular flexibility index (Phi) is 4.90. The van der Waals surface area contributed by atoms with Gasteiger partial charge in [0.25, 0.3) is 0 Å². The van der Waals surface area contributed by atoms with Gasteiger partial charge in [-0.15, -0.1) is 0 Å². The third-order valence-electron chi connectivity index (χ3n) is 2.75. The number of aliphatic hydroxyl groups excluding tert-OH is 1. The summed E-state index contributed by atoms with van der Waals surface area (Å²) < 4.78 is 0. The minimum absolute atomic E-state index is 0.0206. The third kappa shape index (κ3) is 3.88. The van der Waals surface area contributed by atoms with Gasteiger partial charge in [-0.2, -0.15) is 0 Å². The Morgan fingerprint density at radius 3 is 2.72 bits per heavy atom. The Hall–Kier alpha value is -1.83. The van der Waals surface area contributed by atoms with Crippen molar-refractivity contribution in [2.45, 2.75) is 24.9 Å². The van der Waals surface area contributed by atoms with Crippen LogP contribution in [-0.4, -0.2) is 65.3 Å². The van der Waals surface area contributed by atoms with Gasteiger partial charge in [-0.25, -0.2) is 9.59 Å². The number of piperidine rings is 1. The second-order valence-electron chi connectivity index (χ2n) is 4.20. The van der Waals surface area contributed by atoms with Gasteiger partial charge < -0.3 is 25.7 Å². The van der Waals surface area contributed by atoms with Gasteiger partial charge in [0, 0.05) is 26.1 Å². The van der Waals surface area contributed by atoms with Crippen molar-refractivity contribution in [3.05, 3.63) is 0 Å². The number of carbonyl (C=O) groups excluding carboxylic acids is 2. The quantitative estimate of drug-likeness (QED) is 0.482. The van der Waals surface area contributed by atoms with Crippen LogP contribution in [0.15, 0.2) is 0 Å². The highest BCUT2D eigenvalue weighted by Gasteiger charge is 2.25. The Labute approximate surface area is 104 Å². The Balaban J connectivity index is 2.40. The van der Waals surface area contributed by atoms with Gasteiger partial charge in [0.15, 0.2) is 6.04 Å². The lowest BCUT2D eigenvalue weighted by Gasteiger charge is -2.30. The molecule has 2 atom stereocenters. The number of hydrogen-bond donors (Lipinski definition) is 4. The van der Waals surface area contributed by atoms with Crippen LogP contribution >= 0.6 is 0 Å². The molecule has 8 nitrogen and oxygen atoms in total. The standard InChI is InChI=1S/C10H17N3O5/c1-13-4-6(2-3-8(13)15)11-10(18)12-7(5-14)9(16)17/h6-7,14H,2-5H2,1H3,(H,16,17)(H2,11,12,18)/t6?,7-/m0/s1. The zero-order valence-corrected chi connectivity index (χ0v) is 10.0. The SMILES string of the molecule is CN1CC(NC(=O)N[C@@H](CO)C(=O)O)CCC1=O. The summed E-state index contributed by atoms with van der Waals surface area (Å²) in [5, 5.41) is 22.1. The van der Waals surface area contributed by atoms with Gasteiger partial charge >= 0.3 is 12.0 Å². The second-order valence-corrected chi connectivity index (χ2v) is 4.20. The molecule has 8 heteroatoms. The number of aliphatic carboxylic acids is 1. The third-order valence-corrected chi connectivity index (χ3v) is 2.75. The fourth-order valence-corrected chi connectivity index (χ4v) is 1.70. The summed E-state index contributed by atoms with van der Waals surface area (Å²) in [4.78, 5) is 34.8. The van der Waals surface area contributed by atoms with Crippen molar-refractivity contribution in [2.75, 3.05) is 20.2 Å². The molecule has 0 aromatic heterocycles. The molecule has 1 aliphatic rings. The minimum Gasteiger partial charge on any atom is -0.480 e. The number of likely N-dealkylation sites (tertiary alicyclic amines) is 1. The summed E-state index contributed by atoms with van der Waals surface area (Å²) in [5.74, 6) is -1.28. The van der Waals surface area contributed by atoms with E-state index in [0.717, 1.165) is 0 Å². The van der Waals surface area contributed by atoms with E-state index in [1.165, 1.54) is 4.90 Å². The molecule has 1 unspecified atom stereocenters. The number of rotatable bonds is 4. The van der Waals surface area contributed by atoms with Crippen LogP contribution in [0.3, 0.4) is 0 Å². The van der Waals surface area contributed by atoms with E-state index in [2.05, 4.69) is 10.6 Å². The zero-order valence-electron chi connectivity index (χ0n) is 10.0. The first-order valence-electron chi connectivity index (χ1n) is 5.58. The molecule has 1 aliphatic heterocycles. The first kappa shape index (κ1) is 14.2. The monoisotopic (exact) mass is 259 g/mol. The maximum Gasteiger partial charge on any atom is 0.328 e. The molecule has 1 saturated heterocycles. The van der Waals surface area contributed by atoms with Gasteiger partial charge in [0.1, 0.15) is 0 Å². The number of carboxylic acid groups (broad SMARTS) is 1. The molecular weight excluding hydrogens is 242 g/mol. The highest BCUT2D eigenvalue weighted by Crippen LogP contribution is 2.09. The van der Waals surface area contributed by atoms with Crippen molar-refractivity contribution in [2.24, 2.45) is 0 Å². The van der Waals surface area contributed by atoms with E-state index in [0.29, 0.717) is 19.4 Å². The van der Waals surface area contributed by atoms with Gasteiger partial charge in [-0.05, 0) is 6.42 Å². The lowest BCUT2D eigenvalue weighted by molar-refractivity contribution is -0.140. The lowest BCUT2D eigenvalue weighted by atomic mass is 10.1. The van der Waals surface area contributed by atoms with Gasteiger partial charge in [-0.3, -0.25) is 4.79 Å². The Morgan fingerprint density at radius 2 is 2.22 bits per heavy atom. The summed E-state index contributed by atoms with van der Waals surface area (Å²) in [5.41, 5.74) is 0. The van der Waals surface area contributed by atoms with E-state index in [1.54, 1.807) is 7.05 Å². The molecule has 0 radical (unpaired) electrons. The summed E-state index contributed by atoms with van der Waals surface area (Å²) in [6, 6.07) is -2.20. The number of amides is 3. The van der Waals surface area contributed by atoms with Gasteiger partial charge in [0.05, 0.1) is 6.61 Å². The molecule has 0 aromatic rings. The summed E-state index contributed by atoms with van der Waals surface area (Å²) in [6.07, 6.45) is 0.872. The smallest absolute Gasteiger partial charge is 0.328 e. The number of hydrogen-bond acceptors (Lipinski definition) is 4. The highest BCUT2D eigenvalue weighted by atomic mass is 16.4. The molecule has 4 N–H and O–H groups in total. The van der Waals surface area contributed by atoms with Crippen molar-refractivity contribution >= 4 is 17.9 Å². The van der Waals surface area contributed by atoms with Crippen molar-refractivity contribution in [3.63, 3.8) is 0 Å². The van der Waals surface area contributed by atoms with E-state index < -0.39 is 24.6 Å². The van der Waals surface area contributed by atoms with Crippen LogP contribution in [0.1, 0.15) is 12.8 Å². The van der Waals surface area contributed by atoms with E-state index in [4.69, 9.17) is 10.2 Å². The number of nitrogens with zero attached hydrogens (tertiary/aromatic N) is 1. The van der Waals surface area contributed by atoms with Crippen LogP contribution in [0, 0.1) is 0 Å². The predicted molar refractivity (Wildman–Crippen MR) is 60.8 cm³/mol. The molecule has 0 aromatic carbocycles. The maximum absolute atomic E-state index is 11.5. The van der Waals surface area contributed by atoms with E-state index in [9.17, 15) is 14.4 Å². The average molecular weight is 259 g/mol. The molecule has 3 amide bonds. The maximum atomic E-state index is 11.5. The molecule has 0 saturated carbocycles. The van der Waals surface area contributed by atoms with Crippen LogP contribution in [0.2, 0.25) is 0 Å². The van der Waals surface area contributed by atoms with Gasteiger partial charge in [0.2, 0.25) is 5.91 Å². The van der Waals surface area contributed by atoms with Crippen LogP contribution in [0.4, 0.5) is 4.79 Å². The van der Waals surface area contributed by atoms with Crippen molar-refractivity contribution in [1.82, 2.24) is 15.5 Å². The molecule has 1 fully saturated rings. The van der Waals surface area contributed by atoms with E-state index >= 15 is 0 Å². The van der Waals surface area contributed by atoms with Crippen LogP contribution in [-0.2, 0) is 9.59 Å². The van der Waals surface area contributed by atoms with Crippen LogP contribution < -0.4 is 10.6 Å². The Morgan fingerprint density at radius 1 is 1.56 bits per heavy atom. The summed E-state index contributed by atoms with van der Waals surface area (Å²) in [6.45, 7) is -0.283. The van der Waals surface area contributed by atoms with Crippen molar-refractivity contribution < 1.29 is 24.6 Å². The molecule has 0 aliphatic carbocycles. The fourth-order valence-electron chi connectivity index (χ4n) is 1.70. The van der Waals surface area contributed by atoms with Crippen molar-refractivity contribution in [1.29, 1.82) is 0 Å². The highest BCUT2D eigenvalue weighted by molar-refractivity contribution is 5.83. The van der Waals surface area contributed by atoms with E-state index in [-0.39, 0.29) is 11.9 Å². The average Bonchev–Trinajstić information content (AvgIpc) is 2.30. The predicted octanol–water partition coefficient (Wildman–Crippen LogP) is -1.65. The summed E-state index contributed by atoms with van der Waals surface area (Å²) in [7, 11) is 1.64. The number of carbonyl (C=O) groups is 3. The molecule has 0 spiro atoms. The largest absolute Gasteiger partial charge is 0.480 e. The second kappa shape index (κ2) is 6.20.